The number of aryl methyl sites for hydroxylation is 2. The monoisotopic (exact) mass is 538 g/mol. The third-order valence-electron chi connectivity index (χ3n) is 6.96. The highest BCUT2D eigenvalue weighted by molar-refractivity contribution is 9.24. The van der Waals surface area contributed by atoms with Crippen molar-refractivity contribution in [3.05, 3.63) is 10.6 Å². The number of anilines is 1. The van der Waals surface area contributed by atoms with Crippen molar-refractivity contribution < 1.29 is 4.79 Å². The van der Waals surface area contributed by atoms with E-state index in [9.17, 15) is 4.79 Å². The van der Waals surface area contributed by atoms with E-state index in [1.165, 1.54) is 23.4 Å². The molecular weight excluding hydrogens is 520 g/mol. The molecule has 4 aliphatic carbocycles. The van der Waals surface area contributed by atoms with Gasteiger partial charge in [0.2, 0.25) is 5.91 Å². The van der Waals surface area contributed by atoms with Crippen molar-refractivity contribution >= 4 is 70.2 Å². The van der Waals surface area contributed by atoms with Crippen LogP contribution in [0.25, 0.3) is 0 Å². The molecule has 3 saturated carbocycles. The fourth-order valence-electron chi connectivity index (χ4n) is 5.31. The number of carbonyl (C=O) groups is 1. The normalized spacial score (nSPS) is 36.3. The second kappa shape index (κ2) is 5.77. The SMILES string of the molecule is CC1(C)C2(C(=O)Nc3nc4c(s3)CCCC4)CCC1(C(Br)Br)C2Br. The number of fused-ring (bicyclic) bond motifs is 2. The Morgan fingerprint density at radius 1 is 1.29 bits per heavy atom. The summed E-state index contributed by atoms with van der Waals surface area (Å²) in [5.74, 6) is 0.134. The lowest BCUT2D eigenvalue weighted by Gasteiger charge is -2.66. The highest BCUT2D eigenvalue weighted by Crippen LogP contribution is 2.82. The van der Waals surface area contributed by atoms with E-state index in [1.54, 1.807) is 11.3 Å². The number of amides is 1. The first-order chi connectivity index (χ1) is 11.3. The van der Waals surface area contributed by atoms with Crippen LogP contribution in [0.5, 0.6) is 0 Å². The summed E-state index contributed by atoms with van der Waals surface area (Å²) in [6.07, 6.45) is 6.57. The molecular formula is C17H21Br3N2OS. The van der Waals surface area contributed by atoms with Crippen molar-refractivity contribution in [3.8, 4) is 0 Å². The van der Waals surface area contributed by atoms with Gasteiger partial charge in [-0.15, -0.1) is 11.3 Å². The summed E-state index contributed by atoms with van der Waals surface area (Å²) in [5.41, 5.74) is 0.821. The van der Waals surface area contributed by atoms with Crippen LogP contribution in [0.1, 0.15) is 50.1 Å². The molecule has 3 atom stereocenters. The van der Waals surface area contributed by atoms with Gasteiger partial charge in [-0.25, -0.2) is 4.98 Å². The lowest BCUT2D eigenvalue weighted by Crippen LogP contribution is -2.71. The van der Waals surface area contributed by atoms with Gasteiger partial charge in [0.15, 0.2) is 5.13 Å². The second-order valence-electron chi connectivity index (χ2n) is 7.85. The zero-order valence-electron chi connectivity index (χ0n) is 13.8. The minimum atomic E-state index is -0.362. The molecule has 2 bridgehead atoms. The quantitative estimate of drug-likeness (QED) is 0.504. The molecule has 132 valence electrons. The first kappa shape index (κ1) is 17.9. The van der Waals surface area contributed by atoms with E-state index in [4.69, 9.17) is 0 Å². The molecule has 1 heterocycles. The third kappa shape index (κ3) is 1.99. The van der Waals surface area contributed by atoms with Crippen molar-refractivity contribution in [2.45, 2.75) is 60.9 Å². The molecule has 0 spiro atoms. The number of nitrogens with one attached hydrogen (secondary N) is 1. The molecule has 4 aliphatic rings. The number of carbonyl (C=O) groups excluding carboxylic acids is 1. The summed E-state index contributed by atoms with van der Waals surface area (Å²) in [6.45, 7) is 4.47. The maximum Gasteiger partial charge on any atom is 0.234 e. The van der Waals surface area contributed by atoms with Gasteiger partial charge in [-0.05, 0) is 43.9 Å². The molecule has 0 aromatic carbocycles. The van der Waals surface area contributed by atoms with E-state index < -0.39 is 0 Å². The van der Waals surface area contributed by atoms with Crippen LogP contribution in [0.3, 0.4) is 0 Å². The predicted molar refractivity (Wildman–Crippen MR) is 110 cm³/mol. The summed E-state index contributed by atoms with van der Waals surface area (Å²) in [5, 5.41) is 3.96. The third-order valence-corrected chi connectivity index (χ3v) is 11.3. The molecule has 0 radical (unpaired) electrons. The summed E-state index contributed by atoms with van der Waals surface area (Å²) >= 11 is 13.0. The summed E-state index contributed by atoms with van der Waals surface area (Å²) in [4.78, 5) is 19.5. The number of halogens is 3. The molecule has 1 N–H and O–H groups in total. The molecule has 3 nitrogen and oxygen atoms in total. The Morgan fingerprint density at radius 2 is 2.00 bits per heavy atom. The highest BCUT2D eigenvalue weighted by atomic mass is 79.9. The number of hydrogen-bond acceptors (Lipinski definition) is 3. The topological polar surface area (TPSA) is 42.0 Å². The number of hydrogen-bond donors (Lipinski definition) is 1. The standard InChI is InChI=1S/C17H21Br3N2OS/c1-15(2)16(12(19)20)7-8-17(15,11(16)18)13(23)22-14-21-9-5-3-4-6-10(9)24-14/h11-12H,3-8H2,1-2H3,(H,21,22,23). The Kier molecular flexibility index (Phi) is 4.31. The summed E-state index contributed by atoms with van der Waals surface area (Å²) in [6, 6.07) is 0. The van der Waals surface area contributed by atoms with Gasteiger partial charge >= 0.3 is 0 Å². The van der Waals surface area contributed by atoms with Crippen molar-refractivity contribution in [1.82, 2.24) is 4.98 Å². The first-order valence-corrected chi connectivity index (χ1v) is 12.1. The average Bonchev–Trinajstić information content (AvgIpc) is 3.14. The minimum Gasteiger partial charge on any atom is -0.301 e. The molecule has 1 aromatic heterocycles. The van der Waals surface area contributed by atoms with Gasteiger partial charge in [0.1, 0.15) is 0 Å². The van der Waals surface area contributed by atoms with E-state index in [0.717, 1.165) is 30.8 Å². The van der Waals surface area contributed by atoms with Crippen LogP contribution in [-0.4, -0.2) is 19.5 Å². The summed E-state index contributed by atoms with van der Waals surface area (Å²) < 4.78 is 0.201. The Bertz CT molecular complexity index is 681. The van der Waals surface area contributed by atoms with Gasteiger partial charge in [0.25, 0.3) is 0 Å². The van der Waals surface area contributed by atoms with E-state index >= 15 is 0 Å². The number of nitrogens with zero attached hydrogens (tertiary/aromatic N) is 1. The number of alkyl halides is 3. The smallest absolute Gasteiger partial charge is 0.234 e. The van der Waals surface area contributed by atoms with Crippen LogP contribution < -0.4 is 5.32 Å². The minimum absolute atomic E-state index is 0.0620. The Morgan fingerprint density at radius 3 is 2.58 bits per heavy atom. The molecule has 7 heteroatoms. The fraction of sp³-hybridized carbons (Fsp3) is 0.765. The van der Waals surface area contributed by atoms with E-state index in [0.29, 0.717) is 0 Å². The molecule has 3 unspecified atom stereocenters. The Hall–Kier alpha value is 0.540. The Balaban J connectivity index is 1.60. The lowest BCUT2D eigenvalue weighted by molar-refractivity contribution is -0.155. The second-order valence-corrected chi connectivity index (χ2v) is 12.9. The van der Waals surface area contributed by atoms with Crippen molar-refractivity contribution in [1.29, 1.82) is 0 Å². The summed E-state index contributed by atoms with van der Waals surface area (Å²) in [7, 11) is 0. The van der Waals surface area contributed by atoms with Crippen molar-refractivity contribution in [3.63, 3.8) is 0 Å². The Labute approximate surface area is 172 Å². The van der Waals surface area contributed by atoms with Crippen molar-refractivity contribution in [2.75, 3.05) is 5.32 Å². The number of thiazole rings is 1. The van der Waals surface area contributed by atoms with Crippen molar-refractivity contribution in [2.24, 2.45) is 16.2 Å². The van der Waals surface area contributed by atoms with Gasteiger partial charge < -0.3 is 5.32 Å². The van der Waals surface area contributed by atoms with E-state index in [2.05, 4.69) is 71.9 Å². The van der Waals surface area contributed by atoms with E-state index in [1.807, 2.05) is 0 Å². The van der Waals surface area contributed by atoms with Crippen LogP contribution in [0.15, 0.2) is 0 Å². The van der Waals surface area contributed by atoms with Gasteiger partial charge in [-0.2, -0.15) is 0 Å². The van der Waals surface area contributed by atoms with Gasteiger partial charge in [0.05, 0.1) is 14.8 Å². The van der Waals surface area contributed by atoms with Gasteiger partial charge in [0, 0.05) is 15.1 Å². The molecule has 1 aromatic rings. The lowest BCUT2D eigenvalue weighted by atomic mass is 9.43. The van der Waals surface area contributed by atoms with Gasteiger partial charge in [-0.3, -0.25) is 4.79 Å². The number of aromatic nitrogens is 1. The first-order valence-electron chi connectivity index (χ1n) is 8.49. The van der Waals surface area contributed by atoms with Crippen LogP contribution in [0, 0.1) is 16.2 Å². The maximum absolute atomic E-state index is 13.3. The highest BCUT2D eigenvalue weighted by Gasteiger charge is 2.83. The molecule has 5 rings (SSSR count). The van der Waals surface area contributed by atoms with Gasteiger partial charge in [-0.1, -0.05) is 61.6 Å². The molecule has 0 aliphatic heterocycles. The van der Waals surface area contributed by atoms with Crippen LogP contribution in [0.2, 0.25) is 0 Å². The molecule has 3 fully saturated rings. The van der Waals surface area contributed by atoms with Crippen LogP contribution >= 0.6 is 59.1 Å². The fourth-order valence-corrected chi connectivity index (χ4v) is 11.3. The largest absolute Gasteiger partial charge is 0.301 e. The molecule has 1 amide bonds. The zero-order chi connectivity index (χ0) is 17.3. The van der Waals surface area contributed by atoms with Crippen LogP contribution in [-0.2, 0) is 17.6 Å². The van der Waals surface area contributed by atoms with E-state index in [-0.39, 0.29) is 30.7 Å². The molecule has 24 heavy (non-hydrogen) atoms. The zero-order valence-corrected chi connectivity index (χ0v) is 19.4. The molecule has 0 saturated heterocycles. The predicted octanol–water partition coefficient (Wildman–Crippen LogP) is 5.65. The maximum atomic E-state index is 13.3. The number of rotatable bonds is 3. The van der Waals surface area contributed by atoms with Crippen LogP contribution in [0.4, 0.5) is 5.13 Å². The average molecular weight is 541 g/mol.